The van der Waals surface area contributed by atoms with Crippen molar-refractivity contribution in [3.8, 4) is 6.07 Å². The Morgan fingerprint density at radius 2 is 2.41 bits per heavy atom. The Balaban J connectivity index is 1.98. The van der Waals surface area contributed by atoms with Gasteiger partial charge in [-0.2, -0.15) is 5.26 Å². The summed E-state index contributed by atoms with van der Waals surface area (Å²) in [6.07, 6.45) is 2.51. The van der Waals surface area contributed by atoms with Crippen LogP contribution in [0.15, 0.2) is 22.7 Å². The maximum atomic E-state index is 9.03. The van der Waals surface area contributed by atoms with Crippen molar-refractivity contribution < 1.29 is 0 Å². The molecule has 0 aromatic heterocycles. The van der Waals surface area contributed by atoms with E-state index in [0.29, 0.717) is 11.5 Å². The number of nitrogens with zero attached hydrogens (tertiary/aromatic N) is 1. The molecule has 2 rings (SSSR count). The van der Waals surface area contributed by atoms with Crippen LogP contribution in [-0.2, 0) is 0 Å². The zero-order valence-electron chi connectivity index (χ0n) is 9.67. The van der Waals surface area contributed by atoms with Crippen LogP contribution in [0.25, 0.3) is 0 Å². The van der Waals surface area contributed by atoms with Crippen molar-refractivity contribution in [2.75, 3.05) is 25.0 Å². The molecule has 1 aromatic rings. The fourth-order valence-electron chi connectivity index (χ4n) is 2.11. The molecule has 0 spiro atoms. The number of piperidine rings is 1. The van der Waals surface area contributed by atoms with Gasteiger partial charge in [-0.15, -0.1) is 0 Å². The van der Waals surface area contributed by atoms with Gasteiger partial charge in [-0.05, 0) is 50.0 Å². The van der Waals surface area contributed by atoms with E-state index in [1.807, 2.05) is 18.2 Å². The van der Waals surface area contributed by atoms with Gasteiger partial charge < -0.3 is 10.6 Å². The summed E-state index contributed by atoms with van der Waals surface area (Å²) in [5, 5.41) is 15.8. The van der Waals surface area contributed by atoms with Crippen LogP contribution in [0.4, 0.5) is 5.69 Å². The van der Waals surface area contributed by atoms with Crippen molar-refractivity contribution in [2.45, 2.75) is 12.8 Å². The molecule has 17 heavy (non-hydrogen) atoms. The van der Waals surface area contributed by atoms with Gasteiger partial charge in [-0.3, -0.25) is 0 Å². The molecule has 0 aliphatic carbocycles. The Morgan fingerprint density at radius 1 is 1.53 bits per heavy atom. The molecule has 4 heteroatoms. The minimum absolute atomic E-state index is 0.661. The van der Waals surface area contributed by atoms with E-state index in [1.54, 1.807) is 0 Å². The molecule has 1 unspecified atom stereocenters. The molecule has 0 radical (unpaired) electrons. The number of nitrogens with one attached hydrogen (secondary N) is 2. The average Bonchev–Trinajstić information content (AvgIpc) is 2.38. The number of hydrogen-bond donors (Lipinski definition) is 2. The van der Waals surface area contributed by atoms with Crippen LogP contribution in [0.1, 0.15) is 18.4 Å². The average molecular weight is 294 g/mol. The van der Waals surface area contributed by atoms with Crippen LogP contribution in [0.2, 0.25) is 0 Å². The minimum atomic E-state index is 0.661. The van der Waals surface area contributed by atoms with Crippen molar-refractivity contribution in [1.82, 2.24) is 5.32 Å². The third kappa shape index (κ3) is 3.45. The summed E-state index contributed by atoms with van der Waals surface area (Å²) in [5.41, 5.74) is 1.63. The third-order valence-corrected chi connectivity index (χ3v) is 3.58. The lowest BCUT2D eigenvalue weighted by molar-refractivity contribution is 0.393. The predicted octanol–water partition coefficient (Wildman–Crippen LogP) is 2.73. The van der Waals surface area contributed by atoms with E-state index >= 15 is 0 Å². The highest BCUT2D eigenvalue weighted by Gasteiger charge is 2.13. The van der Waals surface area contributed by atoms with Crippen molar-refractivity contribution in [3.63, 3.8) is 0 Å². The van der Waals surface area contributed by atoms with Crippen molar-refractivity contribution in [2.24, 2.45) is 5.92 Å². The number of anilines is 1. The standard InChI is InChI=1S/C13H16BrN3/c14-12-4-3-11(7-15)13(6-12)17-9-10-2-1-5-16-8-10/h3-4,6,10,16-17H,1-2,5,8-9H2. The number of nitriles is 1. The van der Waals surface area contributed by atoms with E-state index in [-0.39, 0.29) is 0 Å². The molecule has 1 aliphatic rings. The molecular weight excluding hydrogens is 278 g/mol. The maximum absolute atomic E-state index is 9.03. The monoisotopic (exact) mass is 293 g/mol. The van der Waals surface area contributed by atoms with Gasteiger partial charge in [-0.1, -0.05) is 15.9 Å². The number of rotatable bonds is 3. The molecule has 0 amide bonds. The van der Waals surface area contributed by atoms with E-state index in [1.165, 1.54) is 12.8 Å². The predicted molar refractivity (Wildman–Crippen MR) is 72.9 cm³/mol. The summed E-state index contributed by atoms with van der Waals surface area (Å²) in [5.74, 6) is 0.661. The summed E-state index contributed by atoms with van der Waals surface area (Å²) in [7, 11) is 0. The topological polar surface area (TPSA) is 47.9 Å². The van der Waals surface area contributed by atoms with Crippen LogP contribution in [-0.4, -0.2) is 19.6 Å². The summed E-state index contributed by atoms with van der Waals surface area (Å²) < 4.78 is 1.00. The molecule has 1 saturated heterocycles. The van der Waals surface area contributed by atoms with Crippen LogP contribution in [0.5, 0.6) is 0 Å². The van der Waals surface area contributed by atoms with Crippen molar-refractivity contribution in [3.05, 3.63) is 28.2 Å². The van der Waals surface area contributed by atoms with Gasteiger partial charge in [0.2, 0.25) is 0 Å². The smallest absolute Gasteiger partial charge is 0.101 e. The molecule has 1 fully saturated rings. The van der Waals surface area contributed by atoms with E-state index in [2.05, 4.69) is 32.6 Å². The maximum Gasteiger partial charge on any atom is 0.101 e. The van der Waals surface area contributed by atoms with Crippen LogP contribution in [0.3, 0.4) is 0 Å². The molecule has 1 aliphatic heterocycles. The largest absolute Gasteiger partial charge is 0.384 e. The third-order valence-electron chi connectivity index (χ3n) is 3.08. The lowest BCUT2D eigenvalue weighted by atomic mass is 9.99. The summed E-state index contributed by atoms with van der Waals surface area (Å²) in [6, 6.07) is 7.91. The quantitative estimate of drug-likeness (QED) is 0.901. The molecular formula is C13H16BrN3. The fourth-order valence-corrected chi connectivity index (χ4v) is 2.47. The van der Waals surface area contributed by atoms with Crippen LogP contribution >= 0.6 is 15.9 Å². The number of hydrogen-bond acceptors (Lipinski definition) is 3. The first kappa shape index (κ1) is 12.4. The second-order valence-electron chi connectivity index (χ2n) is 4.39. The SMILES string of the molecule is N#Cc1ccc(Br)cc1NCC1CCCNC1. The number of benzene rings is 1. The zero-order valence-corrected chi connectivity index (χ0v) is 11.3. The second-order valence-corrected chi connectivity index (χ2v) is 5.31. The molecule has 0 saturated carbocycles. The van der Waals surface area contributed by atoms with Gasteiger partial charge in [0.15, 0.2) is 0 Å². The van der Waals surface area contributed by atoms with Gasteiger partial charge in [0.1, 0.15) is 6.07 Å². The van der Waals surface area contributed by atoms with E-state index in [0.717, 1.165) is 29.8 Å². The van der Waals surface area contributed by atoms with Crippen LogP contribution < -0.4 is 10.6 Å². The zero-order chi connectivity index (χ0) is 12.1. The van der Waals surface area contributed by atoms with Gasteiger partial charge in [0.25, 0.3) is 0 Å². The Kier molecular flexibility index (Phi) is 4.41. The van der Waals surface area contributed by atoms with Gasteiger partial charge in [-0.25, -0.2) is 0 Å². The first-order valence-electron chi connectivity index (χ1n) is 5.94. The highest BCUT2D eigenvalue weighted by Crippen LogP contribution is 2.21. The second kappa shape index (κ2) is 6.04. The molecule has 1 heterocycles. The Hall–Kier alpha value is -1.05. The molecule has 1 aromatic carbocycles. The molecule has 2 N–H and O–H groups in total. The van der Waals surface area contributed by atoms with Crippen LogP contribution in [0, 0.1) is 17.2 Å². The summed E-state index contributed by atoms with van der Waals surface area (Å²) >= 11 is 3.43. The van der Waals surface area contributed by atoms with Crippen molar-refractivity contribution in [1.29, 1.82) is 5.26 Å². The highest BCUT2D eigenvalue weighted by atomic mass is 79.9. The summed E-state index contributed by atoms with van der Waals surface area (Å²) in [6.45, 7) is 3.14. The summed E-state index contributed by atoms with van der Waals surface area (Å²) in [4.78, 5) is 0. The first-order chi connectivity index (χ1) is 8.29. The lowest BCUT2D eigenvalue weighted by Crippen LogP contribution is -2.33. The molecule has 0 bridgehead atoms. The minimum Gasteiger partial charge on any atom is -0.384 e. The van der Waals surface area contributed by atoms with Gasteiger partial charge in [0.05, 0.1) is 11.3 Å². The first-order valence-corrected chi connectivity index (χ1v) is 6.73. The lowest BCUT2D eigenvalue weighted by Gasteiger charge is -2.23. The van der Waals surface area contributed by atoms with E-state index in [4.69, 9.17) is 5.26 Å². The Morgan fingerprint density at radius 3 is 3.12 bits per heavy atom. The molecule has 90 valence electrons. The normalized spacial score (nSPS) is 19.6. The fraction of sp³-hybridized carbons (Fsp3) is 0.462. The van der Waals surface area contributed by atoms with Gasteiger partial charge in [0, 0.05) is 11.0 Å². The highest BCUT2D eigenvalue weighted by molar-refractivity contribution is 9.10. The Bertz CT molecular complexity index is 419. The van der Waals surface area contributed by atoms with E-state index < -0.39 is 0 Å². The molecule has 1 atom stereocenters. The van der Waals surface area contributed by atoms with Crippen molar-refractivity contribution >= 4 is 21.6 Å². The Labute approximate surface area is 110 Å². The van der Waals surface area contributed by atoms with E-state index in [9.17, 15) is 0 Å². The van der Waals surface area contributed by atoms with Gasteiger partial charge >= 0.3 is 0 Å². The number of halogens is 1. The molecule has 3 nitrogen and oxygen atoms in total.